The highest BCUT2D eigenvalue weighted by atomic mass is 16.5. The molecule has 2 N–H and O–H groups in total. The number of phenols is 1. The van der Waals surface area contributed by atoms with Crippen LogP contribution in [0.15, 0.2) is 12.1 Å². The maximum atomic E-state index is 11.2. The van der Waals surface area contributed by atoms with Crippen molar-refractivity contribution < 1.29 is 24.5 Å². The number of hydrogen-bond acceptors (Lipinski definition) is 4. The van der Waals surface area contributed by atoms with Crippen LogP contribution in [-0.2, 0) is 0 Å². The Hall–Kier alpha value is -2.04. The first kappa shape index (κ1) is 11.0. The summed E-state index contributed by atoms with van der Waals surface area (Å²) >= 11 is 0. The molecule has 0 unspecified atom stereocenters. The zero-order valence-corrected chi connectivity index (χ0v) is 8.27. The number of rotatable bonds is 3. The molecule has 0 fully saturated rings. The van der Waals surface area contributed by atoms with E-state index in [9.17, 15) is 14.7 Å². The fraction of sp³-hybridized carbons (Fsp3) is 0.200. The molecule has 1 rings (SSSR count). The lowest BCUT2D eigenvalue weighted by Gasteiger charge is -2.08. The fourth-order valence-electron chi connectivity index (χ4n) is 1.18. The number of benzene rings is 1. The molecule has 0 spiro atoms. The molecule has 0 saturated heterocycles. The van der Waals surface area contributed by atoms with Crippen LogP contribution in [0.1, 0.15) is 27.6 Å². The second-order valence-corrected chi connectivity index (χ2v) is 2.93. The van der Waals surface area contributed by atoms with Gasteiger partial charge in [0.1, 0.15) is 17.1 Å². The molecule has 5 heteroatoms. The lowest BCUT2D eigenvalue weighted by Crippen LogP contribution is -2.03. The minimum atomic E-state index is -1.29. The summed E-state index contributed by atoms with van der Waals surface area (Å²) in [4.78, 5) is 21.8. The average Bonchev–Trinajstić information content (AvgIpc) is 2.16. The van der Waals surface area contributed by atoms with Crippen LogP contribution in [-0.4, -0.2) is 29.1 Å². The number of methoxy groups -OCH3 is 1. The molecule has 1 aromatic rings. The van der Waals surface area contributed by atoms with E-state index in [1.165, 1.54) is 14.0 Å². The molecule has 0 saturated carbocycles. The molecule has 0 atom stereocenters. The predicted octanol–water partition coefficient (Wildman–Crippen LogP) is 1.30. The second-order valence-electron chi connectivity index (χ2n) is 2.93. The highest BCUT2D eigenvalue weighted by Gasteiger charge is 2.17. The van der Waals surface area contributed by atoms with Crippen LogP contribution in [0, 0.1) is 0 Å². The molecule has 5 nitrogen and oxygen atoms in total. The first-order valence-electron chi connectivity index (χ1n) is 4.12. The molecule has 0 aliphatic carbocycles. The summed E-state index contributed by atoms with van der Waals surface area (Å²) in [6.07, 6.45) is 0. The van der Waals surface area contributed by atoms with Gasteiger partial charge in [0, 0.05) is 6.07 Å². The molecule has 0 bridgehead atoms. The third kappa shape index (κ3) is 2.07. The Bertz CT molecular complexity index is 422. The van der Waals surface area contributed by atoms with Gasteiger partial charge in [-0.25, -0.2) is 4.79 Å². The Morgan fingerprint density at radius 2 is 1.87 bits per heavy atom. The van der Waals surface area contributed by atoms with Gasteiger partial charge in [-0.05, 0) is 13.0 Å². The summed E-state index contributed by atoms with van der Waals surface area (Å²) in [5, 5.41) is 18.1. The summed E-state index contributed by atoms with van der Waals surface area (Å²) < 4.78 is 4.85. The van der Waals surface area contributed by atoms with Crippen molar-refractivity contribution in [3.8, 4) is 11.5 Å². The van der Waals surface area contributed by atoms with E-state index in [-0.39, 0.29) is 22.7 Å². The van der Waals surface area contributed by atoms with Gasteiger partial charge in [0.15, 0.2) is 5.78 Å². The van der Waals surface area contributed by atoms with E-state index < -0.39 is 11.7 Å². The van der Waals surface area contributed by atoms with Gasteiger partial charge < -0.3 is 14.9 Å². The minimum absolute atomic E-state index is 0.132. The van der Waals surface area contributed by atoms with Gasteiger partial charge in [-0.2, -0.15) is 0 Å². The van der Waals surface area contributed by atoms with Crippen molar-refractivity contribution in [2.75, 3.05) is 7.11 Å². The summed E-state index contributed by atoms with van der Waals surface area (Å²) in [5.41, 5.74) is -0.186. The molecular formula is C10H10O5. The van der Waals surface area contributed by atoms with Crippen molar-refractivity contribution in [3.63, 3.8) is 0 Å². The van der Waals surface area contributed by atoms with Crippen LogP contribution in [0.4, 0.5) is 0 Å². The van der Waals surface area contributed by atoms with E-state index >= 15 is 0 Å². The van der Waals surface area contributed by atoms with Crippen molar-refractivity contribution in [2.45, 2.75) is 6.92 Å². The summed E-state index contributed by atoms with van der Waals surface area (Å²) in [6.45, 7) is 1.29. The molecule has 0 amide bonds. The van der Waals surface area contributed by atoms with Crippen LogP contribution in [0.3, 0.4) is 0 Å². The molecule has 0 heterocycles. The number of ketones is 1. The van der Waals surface area contributed by atoms with E-state index in [1.807, 2.05) is 0 Å². The van der Waals surface area contributed by atoms with Gasteiger partial charge in [0.2, 0.25) is 0 Å². The third-order valence-corrected chi connectivity index (χ3v) is 1.93. The molecular weight excluding hydrogens is 200 g/mol. The smallest absolute Gasteiger partial charge is 0.339 e. The summed E-state index contributed by atoms with van der Waals surface area (Å²) in [6, 6.07) is 2.21. The number of ether oxygens (including phenoxy) is 1. The minimum Gasteiger partial charge on any atom is -0.507 e. The Labute approximate surface area is 85.9 Å². The fourth-order valence-corrected chi connectivity index (χ4v) is 1.18. The maximum absolute atomic E-state index is 11.2. The van der Waals surface area contributed by atoms with Crippen molar-refractivity contribution in [1.29, 1.82) is 0 Å². The van der Waals surface area contributed by atoms with E-state index in [1.54, 1.807) is 0 Å². The number of aromatic hydroxyl groups is 1. The standard InChI is InChI=1S/C10H10O5/c1-5(11)6-3-7(10(13)14)8(12)4-9(6)15-2/h3-4,12H,1-2H3,(H,13,14). The predicted molar refractivity (Wildman–Crippen MR) is 51.6 cm³/mol. The first-order valence-corrected chi connectivity index (χ1v) is 4.12. The Kier molecular flexibility index (Phi) is 2.94. The third-order valence-electron chi connectivity index (χ3n) is 1.93. The lowest BCUT2D eigenvalue weighted by molar-refractivity contribution is 0.0693. The summed E-state index contributed by atoms with van der Waals surface area (Å²) in [7, 11) is 1.33. The first-order chi connectivity index (χ1) is 6.97. The quantitative estimate of drug-likeness (QED) is 0.734. The van der Waals surface area contributed by atoms with E-state index in [0.29, 0.717) is 0 Å². The van der Waals surface area contributed by atoms with Crippen LogP contribution < -0.4 is 4.74 Å². The SMILES string of the molecule is COc1cc(O)c(C(=O)O)cc1C(C)=O. The Morgan fingerprint density at radius 3 is 2.27 bits per heavy atom. The van der Waals surface area contributed by atoms with Gasteiger partial charge in [0.25, 0.3) is 0 Å². The molecule has 1 aromatic carbocycles. The molecule has 15 heavy (non-hydrogen) atoms. The van der Waals surface area contributed by atoms with E-state index in [0.717, 1.165) is 12.1 Å². The molecule has 80 valence electrons. The highest BCUT2D eigenvalue weighted by molar-refractivity contribution is 6.01. The molecule has 0 aliphatic heterocycles. The van der Waals surface area contributed by atoms with Crippen molar-refractivity contribution in [1.82, 2.24) is 0 Å². The number of carboxylic acid groups (broad SMARTS) is 1. The number of aromatic carboxylic acids is 1. The number of carbonyl (C=O) groups excluding carboxylic acids is 1. The van der Waals surface area contributed by atoms with Gasteiger partial charge in [-0.15, -0.1) is 0 Å². The van der Waals surface area contributed by atoms with Crippen LogP contribution in [0.5, 0.6) is 11.5 Å². The zero-order chi connectivity index (χ0) is 11.6. The molecule has 0 aromatic heterocycles. The van der Waals surface area contributed by atoms with Gasteiger partial charge in [0.05, 0.1) is 12.7 Å². The number of carbonyl (C=O) groups is 2. The van der Waals surface area contributed by atoms with Crippen molar-refractivity contribution in [3.05, 3.63) is 23.3 Å². The maximum Gasteiger partial charge on any atom is 0.339 e. The van der Waals surface area contributed by atoms with E-state index in [2.05, 4.69) is 0 Å². The second kappa shape index (κ2) is 4.00. The topological polar surface area (TPSA) is 83.8 Å². The highest BCUT2D eigenvalue weighted by Crippen LogP contribution is 2.28. The normalized spacial score (nSPS) is 9.73. The van der Waals surface area contributed by atoms with Crippen molar-refractivity contribution >= 4 is 11.8 Å². The average molecular weight is 210 g/mol. The van der Waals surface area contributed by atoms with Crippen molar-refractivity contribution in [2.24, 2.45) is 0 Å². The number of hydrogen-bond donors (Lipinski definition) is 2. The van der Waals surface area contributed by atoms with Crippen LogP contribution >= 0.6 is 0 Å². The van der Waals surface area contributed by atoms with Crippen LogP contribution in [0.2, 0.25) is 0 Å². The Morgan fingerprint density at radius 1 is 1.27 bits per heavy atom. The monoisotopic (exact) mass is 210 g/mol. The molecule has 0 radical (unpaired) electrons. The van der Waals surface area contributed by atoms with Gasteiger partial charge in [-0.3, -0.25) is 4.79 Å². The largest absolute Gasteiger partial charge is 0.507 e. The number of carboxylic acids is 1. The van der Waals surface area contributed by atoms with Gasteiger partial charge >= 0.3 is 5.97 Å². The van der Waals surface area contributed by atoms with Crippen LogP contribution in [0.25, 0.3) is 0 Å². The lowest BCUT2D eigenvalue weighted by atomic mass is 10.1. The molecule has 0 aliphatic rings. The Balaban J connectivity index is 3.43. The summed E-state index contributed by atoms with van der Waals surface area (Å²) in [5.74, 6) is -1.89. The zero-order valence-electron chi connectivity index (χ0n) is 8.27. The van der Waals surface area contributed by atoms with E-state index in [4.69, 9.17) is 9.84 Å². The van der Waals surface area contributed by atoms with Gasteiger partial charge in [-0.1, -0.05) is 0 Å². The number of Topliss-reactive ketones (excluding diaryl/α,β-unsaturated/α-hetero) is 1.